The fourth-order valence-corrected chi connectivity index (χ4v) is 3.66. The van der Waals surface area contributed by atoms with Crippen LogP contribution in [0.1, 0.15) is 17.4 Å². The molecule has 0 aliphatic rings. The van der Waals surface area contributed by atoms with Crippen molar-refractivity contribution in [1.29, 1.82) is 0 Å². The molecule has 3 aromatic rings. The van der Waals surface area contributed by atoms with Crippen LogP contribution in [-0.2, 0) is 9.53 Å². The molecule has 27 heavy (non-hydrogen) atoms. The van der Waals surface area contributed by atoms with Gasteiger partial charge in [0.25, 0.3) is 5.91 Å². The molecule has 1 unspecified atom stereocenters. The van der Waals surface area contributed by atoms with Gasteiger partial charge in [-0.25, -0.2) is 14.6 Å². The quantitative estimate of drug-likeness (QED) is 0.635. The first kappa shape index (κ1) is 18.7. The van der Waals surface area contributed by atoms with Crippen LogP contribution in [0.3, 0.4) is 0 Å². The third-order valence-electron chi connectivity index (χ3n) is 3.37. The molecule has 2 N–H and O–H groups in total. The van der Waals surface area contributed by atoms with Gasteiger partial charge in [-0.2, -0.15) is 0 Å². The van der Waals surface area contributed by atoms with Crippen molar-refractivity contribution in [3.05, 3.63) is 58.9 Å². The Bertz CT molecular complexity index is 939. The molecule has 0 aliphatic carbocycles. The Morgan fingerprint density at radius 2 is 1.85 bits per heavy atom. The Kier molecular flexibility index (Phi) is 5.94. The Labute approximate surface area is 163 Å². The molecule has 0 saturated carbocycles. The van der Waals surface area contributed by atoms with Gasteiger partial charge in [-0.05, 0) is 30.5 Å². The van der Waals surface area contributed by atoms with Gasteiger partial charge in [-0.1, -0.05) is 24.3 Å². The standard InChI is InChI=1S/C18H15N3O4S2/c1-11(15(22)21-18(24)19-12-6-3-2-4-7-12)25-17(23)13-10-27-16(20-13)14-8-5-9-26-14/h2-11H,1H3,(H2,19,21,22,24). The smallest absolute Gasteiger partial charge is 0.358 e. The molecule has 138 valence electrons. The predicted octanol–water partition coefficient (Wildman–Crippen LogP) is 3.77. The third kappa shape index (κ3) is 4.99. The summed E-state index contributed by atoms with van der Waals surface area (Å²) in [5.74, 6) is -1.45. The van der Waals surface area contributed by atoms with E-state index in [1.807, 2.05) is 17.5 Å². The van der Waals surface area contributed by atoms with E-state index in [2.05, 4.69) is 15.6 Å². The number of thiazole rings is 1. The molecule has 9 heteroatoms. The lowest BCUT2D eigenvalue weighted by atomic mass is 10.3. The zero-order valence-corrected chi connectivity index (χ0v) is 15.8. The Hall–Kier alpha value is -3.04. The van der Waals surface area contributed by atoms with E-state index in [4.69, 9.17) is 4.74 Å². The second-order valence-electron chi connectivity index (χ2n) is 5.37. The van der Waals surface area contributed by atoms with Gasteiger partial charge in [0, 0.05) is 11.1 Å². The number of carbonyl (C=O) groups excluding carboxylic acids is 3. The maximum atomic E-state index is 12.2. The van der Waals surface area contributed by atoms with Crippen molar-refractivity contribution >= 4 is 46.3 Å². The number of ether oxygens (including phenoxy) is 1. The molecule has 1 atom stereocenters. The Morgan fingerprint density at radius 1 is 1.07 bits per heavy atom. The lowest BCUT2D eigenvalue weighted by molar-refractivity contribution is -0.127. The predicted molar refractivity (Wildman–Crippen MR) is 104 cm³/mol. The van der Waals surface area contributed by atoms with Crippen molar-refractivity contribution in [1.82, 2.24) is 10.3 Å². The fraction of sp³-hybridized carbons (Fsp3) is 0.111. The molecule has 0 spiro atoms. The van der Waals surface area contributed by atoms with E-state index in [9.17, 15) is 14.4 Å². The molecular weight excluding hydrogens is 386 g/mol. The van der Waals surface area contributed by atoms with E-state index in [0.717, 1.165) is 4.88 Å². The normalized spacial score (nSPS) is 11.4. The summed E-state index contributed by atoms with van der Waals surface area (Å²) in [4.78, 5) is 41.2. The number of carbonyl (C=O) groups is 3. The summed E-state index contributed by atoms with van der Waals surface area (Å²) in [7, 11) is 0. The molecule has 2 heterocycles. The van der Waals surface area contributed by atoms with Crippen LogP contribution in [0.4, 0.5) is 10.5 Å². The molecule has 0 radical (unpaired) electrons. The minimum Gasteiger partial charge on any atom is -0.448 e. The first-order valence-electron chi connectivity index (χ1n) is 7.90. The highest BCUT2D eigenvalue weighted by molar-refractivity contribution is 7.20. The van der Waals surface area contributed by atoms with Crippen LogP contribution in [-0.4, -0.2) is 29.0 Å². The number of nitrogens with one attached hydrogen (secondary N) is 2. The van der Waals surface area contributed by atoms with Crippen LogP contribution < -0.4 is 10.6 Å². The van der Waals surface area contributed by atoms with Gasteiger partial charge in [0.1, 0.15) is 5.01 Å². The zero-order valence-electron chi connectivity index (χ0n) is 14.2. The molecule has 2 aromatic heterocycles. The maximum absolute atomic E-state index is 12.2. The SMILES string of the molecule is CC(OC(=O)c1csc(-c2cccs2)n1)C(=O)NC(=O)Nc1ccccc1. The van der Waals surface area contributed by atoms with E-state index < -0.39 is 24.0 Å². The molecule has 7 nitrogen and oxygen atoms in total. The lowest BCUT2D eigenvalue weighted by Gasteiger charge is -2.12. The van der Waals surface area contributed by atoms with Gasteiger partial charge in [-0.15, -0.1) is 22.7 Å². The van der Waals surface area contributed by atoms with Crippen LogP contribution in [0.25, 0.3) is 9.88 Å². The van der Waals surface area contributed by atoms with Crippen molar-refractivity contribution in [2.75, 3.05) is 5.32 Å². The summed E-state index contributed by atoms with van der Waals surface area (Å²) in [6, 6.07) is 11.8. The Balaban J connectivity index is 1.53. The largest absolute Gasteiger partial charge is 0.448 e. The molecule has 0 aliphatic heterocycles. The molecule has 1 aromatic carbocycles. The minimum absolute atomic E-state index is 0.122. The second kappa shape index (κ2) is 8.56. The van der Waals surface area contributed by atoms with E-state index in [1.54, 1.807) is 35.7 Å². The number of aromatic nitrogens is 1. The number of rotatable bonds is 5. The Morgan fingerprint density at radius 3 is 2.56 bits per heavy atom. The lowest BCUT2D eigenvalue weighted by Crippen LogP contribution is -2.41. The molecular formula is C18H15N3O4S2. The van der Waals surface area contributed by atoms with Crippen LogP contribution in [0.15, 0.2) is 53.2 Å². The van der Waals surface area contributed by atoms with Crippen molar-refractivity contribution in [2.45, 2.75) is 13.0 Å². The molecule has 0 saturated heterocycles. The van der Waals surface area contributed by atoms with Crippen LogP contribution >= 0.6 is 22.7 Å². The van der Waals surface area contributed by atoms with Crippen molar-refractivity contribution in [3.8, 4) is 9.88 Å². The summed E-state index contributed by atoms with van der Waals surface area (Å²) in [5.41, 5.74) is 0.660. The molecule has 3 amide bonds. The summed E-state index contributed by atoms with van der Waals surface area (Å²) in [6.07, 6.45) is -1.15. The zero-order chi connectivity index (χ0) is 19.2. The molecule has 3 rings (SSSR count). The number of thiophene rings is 1. The number of hydrogen-bond acceptors (Lipinski definition) is 7. The van der Waals surface area contributed by atoms with Gasteiger partial charge in [-0.3, -0.25) is 10.1 Å². The van der Waals surface area contributed by atoms with Gasteiger partial charge < -0.3 is 10.1 Å². The average molecular weight is 401 g/mol. The number of nitrogens with zero attached hydrogens (tertiary/aromatic N) is 1. The van der Waals surface area contributed by atoms with Gasteiger partial charge in [0.2, 0.25) is 0 Å². The number of hydrogen-bond donors (Lipinski definition) is 2. The van der Waals surface area contributed by atoms with Crippen molar-refractivity contribution in [3.63, 3.8) is 0 Å². The van der Waals surface area contributed by atoms with Crippen molar-refractivity contribution < 1.29 is 19.1 Å². The number of amides is 3. The highest BCUT2D eigenvalue weighted by atomic mass is 32.1. The van der Waals surface area contributed by atoms with E-state index in [0.29, 0.717) is 10.7 Å². The average Bonchev–Trinajstić information content (AvgIpc) is 3.33. The highest BCUT2D eigenvalue weighted by Gasteiger charge is 2.22. The number of anilines is 1. The molecule has 0 bridgehead atoms. The summed E-state index contributed by atoms with van der Waals surface area (Å²) >= 11 is 2.83. The first-order valence-corrected chi connectivity index (χ1v) is 9.66. The van der Waals surface area contributed by atoms with Crippen LogP contribution in [0.5, 0.6) is 0 Å². The topological polar surface area (TPSA) is 97.4 Å². The van der Waals surface area contributed by atoms with E-state index >= 15 is 0 Å². The van der Waals surface area contributed by atoms with Crippen LogP contribution in [0, 0.1) is 0 Å². The third-order valence-corrected chi connectivity index (χ3v) is 5.25. The monoisotopic (exact) mass is 401 g/mol. The molecule has 0 fully saturated rings. The number of urea groups is 1. The van der Waals surface area contributed by atoms with Gasteiger partial charge in [0.15, 0.2) is 11.8 Å². The number of para-hydroxylation sites is 1. The number of esters is 1. The first-order chi connectivity index (χ1) is 13.0. The summed E-state index contributed by atoms with van der Waals surface area (Å²) in [5, 5.41) is 8.84. The number of benzene rings is 1. The summed E-state index contributed by atoms with van der Waals surface area (Å²) in [6.45, 7) is 1.38. The van der Waals surface area contributed by atoms with Gasteiger partial charge in [0.05, 0.1) is 4.88 Å². The summed E-state index contributed by atoms with van der Waals surface area (Å²) < 4.78 is 5.10. The van der Waals surface area contributed by atoms with Crippen molar-refractivity contribution in [2.24, 2.45) is 0 Å². The van der Waals surface area contributed by atoms with Crippen LogP contribution in [0.2, 0.25) is 0 Å². The second-order valence-corrected chi connectivity index (χ2v) is 7.18. The highest BCUT2D eigenvalue weighted by Crippen LogP contribution is 2.28. The fourth-order valence-electron chi connectivity index (χ4n) is 2.05. The van der Waals surface area contributed by atoms with E-state index in [-0.39, 0.29) is 5.69 Å². The minimum atomic E-state index is -1.15. The number of imide groups is 1. The van der Waals surface area contributed by atoms with Gasteiger partial charge >= 0.3 is 12.0 Å². The van der Waals surface area contributed by atoms with E-state index in [1.165, 1.54) is 29.6 Å². The maximum Gasteiger partial charge on any atom is 0.358 e.